The molecule has 9 rings (SSSR count). The molecule has 5 aromatic carbocycles. The van der Waals surface area contributed by atoms with Crippen LogP contribution in [0.3, 0.4) is 0 Å². The first kappa shape index (κ1) is 38.0. The monoisotopic (exact) mass is 895 g/mol. The first-order chi connectivity index (χ1) is 26.0. The van der Waals surface area contributed by atoms with Gasteiger partial charge in [0.15, 0.2) is 0 Å². The Hall–Kier alpha value is -5.29. The minimum absolute atomic E-state index is 0. The fourth-order valence-electron chi connectivity index (χ4n) is 7.41. The van der Waals surface area contributed by atoms with Crippen molar-refractivity contribution < 1.29 is 29.6 Å². The second-order valence-electron chi connectivity index (χ2n) is 15.7. The topological polar surface area (TPSA) is 44.2 Å². The molecule has 0 spiro atoms. The molecule has 2 aliphatic heterocycles. The van der Waals surface area contributed by atoms with E-state index in [4.69, 9.17) is 14.5 Å². The molecule has 0 unspecified atom stereocenters. The summed E-state index contributed by atoms with van der Waals surface area (Å²) in [6.07, 6.45) is 4.90. The summed E-state index contributed by atoms with van der Waals surface area (Å²) in [5.41, 5.74) is 16.1. The number of para-hydroxylation sites is 1. The van der Waals surface area contributed by atoms with Gasteiger partial charge in [0.05, 0.1) is 0 Å². The second kappa shape index (κ2) is 15.5. The van der Waals surface area contributed by atoms with Gasteiger partial charge in [0, 0.05) is 43.7 Å². The van der Waals surface area contributed by atoms with Crippen molar-refractivity contribution in [3.05, 3.63) is 162 Å². The first-order valence-electron chi connectivity index (χ1n) is 18.6. The van der Waals surface area contributed by atoms with E-state index in [1.54, 1.807) is 0 Å². The number of hydrogen-bond acceptors (Lipinski definition) is 4. The largest absolute Gasteiger partial charge is 0.503 e. The number of nitrogens with zero attached hydrogens (tertiary/aromatic N) is 2. The van der Waals surface area contributed by atoms with Gasteiger partial charge in [-0.15, -0.1) is 53.0 Å². The van der Waals surface area contributed by atoms with Crippen molar-refractivity contribution >= 4 is 23.1 Å². The van der Waals surface area contributed by atoms with Crippen LogP contribution in [0.2, 0.25) is 0 Å². The Labute approximate surface area is 339 Å². The van der Waals surface area contributed by atoms with Crippen LogP contribution in [0.5, 0.6) is 23.0 Å². The Morgan fingerprint density at radius 2 is 1.33 bits per heavy atom. The van der Waals surface area contributed by atoms with E-state index in [1.807, 2.05) is 54.9 Å². The standard InChI is InChI=1S/C29H25BNO2.C20H18N.Ir/c1-18-17-31-23(15-19(18)16-29(2,3)4)20-9-7-11-22-28(20)33-26-14-8-13-25-27(26)30(22)21-10-5-6-12-24(21)32-25;1-14-9-10-18(20-11-15(2)16(3)13-21-20)12-19(14)17-7-5-4-6-8-17;/h5-8,10-15,17H,16H2,1-4H3;4-9,11-13H,1-3H3;/q2*-1;. The molecule has 0 atom stereocenters. The number of benzene rings is 5. The van der Waals surface area contributed by atoms with Gasteiger partial charge in [-0.3, -0.25) is 0 Å². The zero-order valence-electron chi connectivity index (χ0n) is 32.4. The maximum absolute atomic E-state index is 6.54. The van der Waals surface area contributed by atoms with Gasteiger partial charge < -0.3 is 19.4 Å². The number of hydrogen-bond donors (Lipinski definition) is 0. The quantitative estimate of drug-likeness (QED) is 0.130. The molecule has 2 aliphatic rings. The number of ether oxygens (including phenoxy) is 2. The molecule has 0 saturated carbocycles. The van der Waals surface area contributed by atoms with Gasteiger partial charge in [0.2, 0.25) is 6.71 Å². The van der Waals surface area contributed by atoms with E-state index in [0.29, 0.717) is 0 Å². The molecule has 0 amide bonds. The molecule has 7 aromatic rings. The van der Waals surface area contributed by atoms with Crippen molar-refractivity contribution in [2.75, 3.05) is 0 Å². The summed E-state index contributed by atoms with van der Waals surface area (Å²) in [5, 5.41) is 0. The van der Waals surface area contributed by atoms with Crippen molar-refractivity contribution in [3.8, 4) is 56.6 Å². The Morgan fingerprint density at radius 3 is 2.09 bits per heavy atom. The molecule has 0 fully saturated rings. The minimum atomic E-state index is 0. The molecular weight excluding hydrogens is 852 g/mol. The van der Waals surface area contributed by atoms with E-state index in [1.165, 1.54) is 38.9 Å². The summed E-state index contributed by atoms with van der Waals surface area (Å²) in [4.78, 5) is 9.34. The fraction of sp³-hybridized carbons (Fsp3) is 0.184. The van der Waals surface area contributed by atoms with E-state index in [9.17, 15) is 0 Å². The zero-order chi connectivity index (χ0) is 37.6. The normalized spacial score (nSPS) is 12.1. The Kier molecular flexibility index (Phi) is 10.7. The van der Waals surface area contributed by atoms with E-state index < -0.39 is 0 Å². The maximum atomic E-state index is 6.54. The molecule has 4 nitrogen and oxygen atoms in total. The maximum Gasteiger partial charge on any atom is 0.241 e. The van der Waals surface area contributed by atoms with Crippen LogP contribution >= 0.6 is 0 Å². The average Bonchev–Trinajstić information content (AvgIpc) is 3.17. The molecule has 1 radical (unpaired) electrons. The molecule has 0 bridgehead atoms. The van der Waals surface area contributed by atoms with E-state index in [0.717, 1.165) is 68.3 Å². The van der Waals surface area contributed by atoms with Crippen molar-refractivity contribution in [3.63, 3.8) is 0 Å². The summed E-state index contributed by atoms with van der Waals surface area (Å²) in [6.45, 7) is 15.3. The van der Waals surface area contributed by atoms with Gasteiger partial charge in [-0.25, -0.2) is 0 Å². The Morgan fingerprint density at radius 1 is 0.636 bits per heavy atom. The third kappa shape index (κ3) is 7.67. The fourth-order valence-corrected chi connectivity index (χ4v) is 7.41. The molecule has 55 heavy (non-hydrogen) atoms. The Bertz CT molecular complexity index is 2530. The van der Waals surface area contributed by atoms with Crippen LogP contribution < -0.4 is 25.9 Å². The molecular formula is C49H43BIrN2O2-2. The van der Waals surface area contributed by atoms with Crippen LogP contribution in [0.15, 0.2) is 122 Å². The summed E-state index contributed by atoms with van der Waals surface area (Å²) in [6, 6.07) is 44.2. The first-order valence-corrected chi connectivity index (χ1v) is 18.6. The number of rotatable bonds is 4. The van der Waals surface area contributed by atoms with E-state index in [-0.39, 0.29) is 32.2 Å². The predicted octanol–water partition coefficient (Wildman–Crippen LogP) is 10.3. The minimum Gasteiger partial charge on any atom is -0.503 e. The summed E-state index contributed by atoms with van der Waals surface area (Å²) in [5.74, 6) is 3.43. The number of aryl methyl sites for hydroxylation is 4. The van der Waals surface area contributed by atoms with Gasteiger partial charge in [0.25, 0.3) is 0 Å². The van der Waals surface area contributed by atoms with Gasteiger partial charge >= 0.3 is 0 Å². The van der Waals surface area contributed by atoms with Crippen LogP contribution in [0.25, 0.3) is 33.6 Å². The van der Waals surface area contributed by atoms with E-state index >= 15 is 0 Å². The van der Waals surface area contributed by atoms with Crippen molar-refractivity contribution in [2.24, 2.45) is 5.41 Å². The Balaban J connectivity index is 0.000000183. The van der Waals surface area contributed by atoms with Crippen molar-refractivity contribution in [2.45, 2.75) is 54.9 Å². The van der Waals surface area contributed by atoms with Crippen LogP contribution in [0.4, 0.5) is 0 Å². The summed E-state index contributed by atoms with van der Waals surface area (Å²) in [7, 11) is 0. The number of pyridine rings is 2. The van der Waals surface area contributed by atoms with Crippen LogP contribution in [-0.2, 0) is 26.5 Å². The van der Waals surface area contributed by atoms with Crippen LogP contribution in [0, 0.1) is 45.2 Å². The van der Waals surface area contributed by atoms with Crippen molar-refractivity contribution in [1.29, 1.82) is 0 Å². The van der Waals surface area contributed by atoms with Crippen LogP contribution in [0.1, 0.15) is 48.6 Å². The third-order valence-electron chi connectivity index (χ3n) is 10.4. The molecule has 0 aliphatic carbocycles. The van der Waals surface area contributed by atoms with Gasteiger partial charge in [0.1, 0.15) is 17.2 Å². The molecule has 6 heteroatoms. The van der Waals surface area contributed by atoms with E-state index in [2.05, 4.69) is 132 Å². The second-order valence-corrected chi connectivity index (χ2v) is 15.7. The molecule has 0 saturated heterocycles. The third-order valence-corrected chi connectivity index (χ3v) is 10.4. The number of aromatic nitrogens is 2. The molecule has 2 aromatic heterocycles. The van der Waals surface area contributed by atoms with Crippen molar-refractivity contribution in [1.82, 2.24) is 9.97 Å². The molecule has 4 heterocycles. The van der Waals surface area contributed by atoms with Gasteiger partial charge in [-0.05, 0) is 84.3 Å². The van der Waals surface area contributed by atoms with Gasteiger partial charge in [-0.1, -0.05) is 117 Å². The zero-order valence-corrected chi connectivity index (χ0v) is 34.8. The SMILES string of the molecule is Cc1cnc(-c2[c-]cc(C)c(-c3ccccc3)c2)cc1C.Cc1cnc(-c2[c-]ccc3c2Oc2cccc4c2B3c2ccccc2O4)cc1CC(C)(C)C.[Ir]. The molecule has 275 valence electrons. The van der Waals surface area contributed by atoms with Gasteiger partial charge in [-0.2, -0.15) is 0 Å². The smallest absolute Gasteiger partial charge is 0.241 e. The van der Waals surface area contributed by atoms with Crippen LogP contribution in [-0.4, -0.2) is 16.7 Å². The molecule has 0 N–H and O–H groups in total. The number of fused-ring (bicyclic) bond motifs is 4. The average molecular weight is 895 g/mol. The summed E-state index contributed by atoms with van der Waals surface area (Å²) >= 11 is 0. The summed E-state index contributed by atoms with van der Waals surface area (Å²) < 4.78 is 12.8. The predicted molar refractivity (Wildman–Crippen MR) is 222 cm³/mol.